The van der Waals surface area contributed by atoms with Crippen LogP contribution in [0.25, 0.3) is 11.3 Å². The van der Waals surface area contributed by atoms with Crippen LogP contribution in [0, 0.1) is 17.5 Å². The Morgan fingerprint density at radius 1 is 1.12 bits per heavy atom. The number of benzene rings is 2. The number of carbonyl (C=O) groups is 1. The van der Waals surface area contributed by atoms with Crippen LogP contribution in [0.4, 0.5) is 13.2 Å². The van der Waals surface area contributed by atoms with E-state index in [4.69, 9.17) is 14.2 Å². The van der Waals surface area contributed by atoms with Crippen LogP contribution in [-0.4, -0.2) is 79.5 Å². The molecule has 0 amide bonds. The molecule has 0 spiro atoms. The molecule has 1 saturated heterocycles. The fourth-order valence-electron chi connectivity index (χ4n) is 4.31. The van der Waals surface area contributed by atoms with E-state index in [9.17, 15) is 33.3 Å². The van der Waals surface area contributed by atoms with Crippen LogP contribution in [-0.2, 0) is 25.6 Å². The standard InChI is InChI=1S/C26H27BrF3N3O7/c1-12(2)39-26(37)25(38-11-13-3-5-15(27)6-4-13)24-23(36)21(22(35)19(10-34)40-24)33-9-18(31-32-33)14-7-16(28)20(30)17(29)8-14/h3-9,12,19,21-25,34-36H,10-11H2,1-2H3/t19?,21-,22-,23?,24+,25-/m0/s1. The molecule has 0 saturated carbocycles. The highest BCUT2D eigenvalue weighted by Gasteiger charge is 2.51. The number of rotatable bonds is 9. The lowest BCUT2D eigenvalue weighted by Gasteiger charge is -2.44. The first-order valence-corrected chi connectivity index (χ1v) is 13.0. The summed E-state index contributed by atoms with van der Waals surface area (Å²) in [7, 11) is 0. The van der Waals surface area contributed by atoms with Crippen molar-refractivity contribution in [2.75, 3.05) is 6.61 Å². The molecule has 0 aliphatic carbocycles. The Morgan fingerprint density at radius 3 is 2.38 bits per heavy atom. The lowest BCUT2D eigenvalue weighted by atomic mass is 9.90. The van der Waals surface area contributed by atoms with Crippen molar-refractivity contribution in [1.82, 2.24) is 15.0 Å². The fraction of sp³-hybridized carbons (Fsp3) is 0.423. The van der Waals surface area contributed by atoms with Crippen molar-refractivity contribution in [2.24, 2.45) is 0 Å². The summed E-state index contributed by atoms with van der Waals surface area (Å²) >= 11 is 3.34. The zero-order valence-corrected chi connectivity index (χ0v) is 22.9. The predicted molar refractivity (Wildman–Crippen MR) is 136 cm³/mol. The number of nitrogens with zero attached hydrogens (tertiary/aromatic N) is 3. The quantitative estimate of drug-likeness (QED) is 0.241. The molecule has 216 valence electrons. The van der Waals surface area contributed by atoms with Crippen LogP contribution in [0.5, 0.6) is 0 Å². The second-order valence-electron chi connectivity index (χ2n) is 9.47. The van der Waals surface area contributed by atoms with E-state index in [1.54, 1.807) is 38.1 Å². The molecule has 3 N–H and O–H groups in total. The summed E-state index contributed by atoms with van der Waals surface area (Å²) in [6, 6.07) is 7.16. The number of hydrogen-bond acceptors (Lipinski definition) is 9. The van der Waals surface area contributed by atoms with E-state index in [1.807, 2.05) is 0 Å². The van der Waals surface area contributed by atoms with Gasteiger partial charge in [0.1, 0.15) is 36.2 Å². The Balaban J connectivity index is 1.65. The Kier molecular flexibility index (Phi) is 9.59. The molecule has 1 fully saturated rings. The molecule has 2 unspecified atom stereocenters. The first-order chi connectivity index (χ1) is 19.0. The van der Waals surface area contributed by atoms with Gasteiger partial charge in [-0.3, -0.25) is 0 Å². The molecule has 2 heterocycles. The van der Waals surface area contributed by atoms with Gasteiger partial charge in [-0.2, -0.15) is 0 Å². The molecule has 2 aromatic carbocycles. The van der Waals surface area contributed by atoms with Crippen molar-refractivity contribution in [3.05, 3.63) is 70.1 Å². The van der Waals surface area contributed by atoms with Gasteiger partial charge in [0.15, 0.2) is 23.6 Å². The summed E-state index contributed by atoms with van der Waals surface area (Å²) in [4.78, 5) is 13.1. The zero-order valence-electron chi connectivity index (χ0n) is 21.3. The molecule has 1 aliphatic rings. The van der Waals surface area contributed by atoms with Crippen molar-refractivity contribution in [3.63, 3.8) is 0 Å². The highest BCUT2D eigenvalue weighted by molar-refractivity contribution is 9.10. The molecule has 0 bridgehead atoms. The van der Waals surface area contributed by atoms with Crippen LogP contribution in [0.15, 0.2) is 47.1 Å². The smallest absolute Gasteiger partial charge is 0.338 e. The average molecular weight is 630 g/mol. The minimum absolute atomic E-state index is 0.0656. The molecule has 0 radical (unpaired) electrons. The van der Waals surface area contributed by atoms with E-state index in [0.29, 0.717) is 5.56 Å². The second kappa shape index (κ2) is 12.7. The highest BCUT2D eigenvalue weighted by atomic mass is 79.9. The van der Waals surface area contributed by atoms with Crippen molar-refractivity contribution in [2.45, 2.75) is 63.1 Å². The van der Waals surface area contributed by atoms with E-state index in [2.05, 4.69) is 26.2 Å². The third-order valence-corrected chi connectivity index (χ3v) is 6.78. The van der Waals surface area contributed by atoms with E-state index >= 15 is 0 Å². The maximum atomic E-state index is 13.8. The van der Waals surface area contributed by atoms with Gasteiger partial charge in [0.05, 0.1) is 25.5 Å². The Labute approximate surface area is 235 Å². The molecule has 1 aliphatic heterocycles. The van der Waals surface area contributed by atoms with Crippen LogP contribution in [0.3, 0.4) is 0 Å². The van der Waals surface area contributed by atoms with Gasteiger partial charge in [-0.05, 0) is 43.7 Å². The number of esters is 1. The van der Waals surface area contributed by atoms with Crippen molar-refractivity contribution < 1.29 is 47.5 Å². The molecule has 40 heavy (non-hydrogen) atoms. The van der Waals surface area contributed by atoms with E-state index in [0.717, 1.165) is 21.3 Å². The maximum Gasteiger partial charge on any atom is 0.338 e. The van der Waals surface area contributed by atoms with Crippen LogP contribution in [0.1, 0.15) is 25.5 Å². The number of carbonyl (C=O) groups excluding carboxylic acids is 1. The molecule has 14 heteroatoms. The summed E-state index contributed by atoms with van der Waals surface area (Å²) in [6.07, 6.45) is -6.81. The molecule has 4 rings (SSSR count). The fourth-order valence-corrected chi connectivity index (χ4v) is 4.58. The summed E-state index contributed by atoms with van der Waals surface area (Å²) < 4.78 is 59.7. The van der Waals surface area contributed by atoms with Crippen LogP contribution in [0.2, 0.25) is 0 Å². The second-order valence-corrected chi connectivity index (χ2v) is 10.4. The first-order valence-electron chi connectivity index (χ1n) is 12.3. The molecule has 10 nitrogen and oxygen atoms in total. The van der Waals surface area contributed by atoms with Gasteiger partial charge < -0.3 is 29.5 Å². The normalized spacial score (nSPS) is 23.8. The van der Waals surface area contributed by atoms with Gasteiger partial charge in [-0.15, -0.1) is 5.10 Å². The van der Waals surface area contributed by atoms with E-state index in [1.165, 1.54) is 6.20 Å². The maximum absolute atomic E-state index is 13.8. The number of aromatic nitrogens is 3. The van der Waals surface area contributed by atoms with Crippen molar-refractivity contribution >= 4 is 21.9 Å². The topological polar surface area (TPSA) is 136 Å². The Hall–Kier alpha value is -2.88. The third kappa shape index (κ3) is 6.53. The molecule has 1 aromatic heterocycles. The van der Waals surface area contributed by atoms with Gasteiger partial charge in [-0.1, -0.05) is 33.3 Å². The molecular weight excluding hydrogens is 603 g/mol. The SMILES string of the molecule is CC(C)OC(=O)[C@@H](OCc1ccc(Br)cc1)[C@@H]1OC(CO)[C@H](O)[C@H](n2cc(-c3cc(F)c(F)c(F)c3)nn2)C1O. The average Bonchev–Trinajstić information content (AvgIpc) is 3.38. The lowest BCUT2D eigenvalue weighted by Crippen LogP contribution is -2.61. The minimum Gasteiger partial charge on any atom is -0.461 e. The third-order valence-electron chi connectivity index (χ3n) is 6.25. The minimum atomic E-state index is -1.66. The van der Waals surface area contributed by atoms with Gasteiger partial charge in [0.2, 0.25) is 0 Å². The van der Waals surface area contributed by atoms with Gasteiger partial charge >= 0.3 is 5.97 Å². The number of ether oxygens (including phenoxy) is 3. The van der Waals surface area contributed by atoms with Gasteiger partial charge in [0.25, 0.3) is 0 Å². The van der Waals surface area contributed by atoms with E-state index < -0.39 is 72.7 Å². The Bertz CT molecular complexity index is 1300. The summed E-state index contributed by atoms with van der Waals surface area (Å²) in [5.41, 5.74) is 0.457. The summed E-state index contributed by atoms with van der Waals surface area (Å²) in [6.45, 7) is 2.49. The van der Waals surface area contributed by atoms with E-state index in [-0.39, 0.29) is 17.9 Å². The zero-order chi connectivity index (χ0) is 29.1. The summed E-state index contributed by atoms with van der Waals surface area (Å²) in [5.74, 6) is -5.38. The first kappa shape index (κ1) is 30.1. The Morgan fingerprint density at radius 2 is 1.77 bits per heavy atom. The molecular formula is C26H27BrF3N3O7. The van der Waals surface area contributed by atoms with Crippen molar-refractivity contribution in [1.29, 1.82) is 0 Å². The number of aliphatic hydroxyl groups excluding tert-OH is 3. The van der Waals surface area contributed by atoms with Crippen molar-refractivity contribution in [3.8, 4) is 11.3 Å². The number of hydrogen-bond donors (Lipinski definition) is 3. The van der Waals surface area contributed by atoms with Crippen LogP contribution >= 0.6 is 15.9 Å². The van der Waals surface area contributed by atoms with Gasteiger partial charge in [0, 0.05) is 10.0 Å². The largest absolute Gasteiger partial charge is 0.461 e. The summed E-state index contributed by atoms with van der Waals surface area (Å²) in [5, 5.41) is 39.8. The van der Waals surface area contributed by atoms with Gasteiger partial charge in [-0.25, -0.2) is 22.6 Å². The lowest BCUT2D eigenvalue weighted by molar-refractivity contribution is -0.241. The molecule has 6 atom stereocenters. The predicted octanol–water partition coefficient (Wildman–Crippen LogP) is 2.68. The number of aliphatic hydroxyl groups is 3. The monoisotopic (exact) mass is 629 g/mol. The number of halogens is 4. The molecule has 3 aromatic rings. The highest BCUT2D eigenvalue weighted by Crippen LogP contribution is 2.34. The van der Waals surface area contributed by atoms with Crippen LogP contribution < -0.4 is 0 Å².